The predicted molar refractivity (Wildman–Crippen MR) is 98.3 cm³/mol. The van der Waals surface area contributed by atoms with E-state index in [1.54, 1.807) is 0 Å². The fraction of sp³-hybridized carbons (Fsp3) is 0.562. The van der Waals surface area contributed by atoms with Crippen molar-refractivity contribution < 1.29 is 4.79 Å². The van der Waals surface area contributed by atoms with Crippen LogP contribution in [0.1, 0.15) is 42.6 Å². The molecule has 0 saturated carbocycles. The van der Waals surface area contributed by atoms with Crippen molar-refractivity contribution >= 4 is 40.9 Å². The number of benzene rings is 1. The van der Waals surface area contributed by atoms with Crippen LogP contribution in [-0.4, -0.2) is 25.0 Å². The van der Waals surface area contributed by atoms with Crippen LogP contribution in [0.3, 0.4) is 0 Å². The molecule has 1 unspecified atom stereocenters. The molecule has 1 saturated heterocycles. The van der Waals surface area contributed by atoms with Crippen LogP contribution in [0, 0.1) is 15.9 Å². The number of aryl methyl sites for hydroxylation is 1. The molecule has 1 fully saturated rings. The van der Waals surface area contributed by atoms with E-state index >= 15 is 0 Å². The Morgan fingerprint density at radius 2 is 2.19 bits per heavy atom. The van der Waals surface area contributed by atoms with Crippen LogP contribution >= 0.6 is 35.0 Å². The third kappa shape index (κ3) is 4.57. The topological polar surface area (TPSA) is 41.1 Å². The van der Waals surface area contributed by atoms with Gasteiger partial charge in [0.1, 0.15) is 0 Å². The fourth-order valence-electron chi connectivity index (χ4n) is 2.73. The van der Waals surface area contributed by atoms with Crippen LogP contribution in [0.4, 0.5) is 0 Å². The first-order chi connectivity index (χ1) is 9.42. The number of amides is 1. The van der Waals surface area contributed by atoms with Gasteiger partial charge in [-0.15, -0.1) is 12.4 Å². The van der Waals surface area contributed by atoms with Gasteiger partial charge in [0.2, 0.25) is 0 Å². The molecule has 118 valence electrons. The van der Waals surface area contributed by atoms with E-state index in [0.29, 0.717) is 12.6 Å². The van der Waals surface area contributed by atoms with Crippen LogP contribution in [0.15, 0.2) is 18.2 Å². The summed E-state index contributed by atoms with van der Waals surface area (Å²) < 4.78 is 1.04. The molecule has 1 atom stereocenters. The Kier molecular flexibility index (Phi) is 6.94. The zero-order valence-electron chi connectivity index (χ0n) is 12.8. The van der Waals surface area contributed by atoms with E-state index in [-0.39, 0.29) is 23.7 Å². The van der Waals surface area contributed by atoms with Crippen molar-refractivity contribution in [1.29, 1.82) is 0 Å². The molecule has 0 bridgehead atoms. The van der Waals surface area contributed by atoms with Gasteiger partial charge >= 0.3 is 0 Å². The summed E-state index contributed by atoms with van der Waals surface area (Å²) >= 11 is 2.24. The zero-order chi connectivity index (χ0) is 14.8. The van der Waals surface area contributed by atoms with Crippen LogP contribution in [0.2, 0.25) is 0 Å². The molecule has 0 spiro atoms. The van der Waals surface area contributed by atoms with Gasteiger partial charge in [0.05, 0.1) is 5.56 Å². The van der Waals surface area contributed by atoms with E-state index in [0.717, 1.165) is 21.2 Å². The number of carbonyl (C=O) groups excluding carboxylic acids is 1. The number of hydrogen-bond acceptors (Lipinski definition) is 2. The summed E-state index contributed by atoms with van der Waals surface area (Å²) in [5, 5.41) is 6.61. The molecule has 1 aliphatic heterocycles. The fourth-order valence-corrected chi connectivity index (χ4v) is 3.34. The number of rotatable bonds is 3. The maximum atomic E-state index is 12.3. The van der Waals surface area contributed by atoms with Gasteiger partial charge in [0, 0.05) is 16.2 Å². The second kappa shape index (κ2) is 7.79. The third-order valence-electron chi connectivity index (χ3n) is 4.24. The second-order valence-electron chi connectivity index (χ2n) is 6.25. The Labute approximate surface area is 147 Å². The van der Waals surface area contributed by atoms with Crippen LogP contribution in [0.5, 0.6) is 0 Å². The van der Waals surface area contributed by atoms with Crippen LogP contribution in [-0.2, 0) is 0 Å². The lowest BCUT2D eigenvalue weighted by Crippen LogP contribution is -2.52. The molecule has 1 aromatic carbocycles. The highest BCUT2D eigenvalue weighted by molar-refractivity contribution is 14.1. The Balaban J connectivity index is 0.00000220. The molecule has 5 heteroatoms. The summed E-state index contributed by atoms with van der Waals surface area (Å²) in [6.07, 6.45) is 2.43. The van der Waals surface area contributed by atoms with Gasteiger partial charge < -0.3 is 10.6 Å². The Morgan fingerprint density at radius 3 is 2.86 bits per heavy atom. The van der Waals surface area contributed by atoms with Crippen LogP contribution < -0.4 is 10.6 Å². The quantitative estimate of drug-likeness (QED) is 0.732. The van der Waals surface area contributed by atoms with Gasteiger partial charge in [-0.3, -0.25) is 4.79 Å². The van der Waals surface area contributed by atoms with Gasteiger partial charge in [0.25, 0.3) is 5.91 Å². The molecule has 0 aromatic heterocycles. The lowest BCUT2D eigenvalue weighted by atomic mass is 9.77. The lowest BCUT2D eigenvalue weighted by Gasteiger charge is -2.39. The number of carbonyl (C=O) groups is 1. The van der Waals surface area contributed by atoms with E-state index in [2.05, 4.69) is 47.1 Å². The van der Waals surface area contributed by atoms with Crippen molar-refractivity contribution in [3.63, 3.8) is 0 Å². The second-order valence-corrected chi connectivity index (χ2v) is 7.32. The Morgan fingerprint density at radius 1 is 1.48 bits per heavy atom. The first kappa shape index (κ1) is 18.7. The highest BCUT2D eigenvalue weighted by Gasteiger charge is 2.32. The van der Waals surface area contributed by atoms with Gasteiger partial charge in [0.15, 0.2) is 0 Å². The highest BCUT2D eigenvalue weighted by Crippen LogP contribution is 2.29. The molecule has 1 amide bonds. The first-order valence-electron chi connectivity index (χ1n) is 7.18. The van der Waals surface area contributed by atoms with Crippen LogP contribution in [0.25, 0.3) is 0 Å². The van der Waals surface area contributed by atoms with Gasteiger partial charge in [-0.1, -0.05) is 26.0 Å². The predicted octanol–water partition coefficient (Wildman–Crippen LogP) is 3.53. The van der Waals surface area contributed by atoms with Gasteiger partial charge in [-0.25, -0.2) is 0 Å². The summed E-state index contributed by atoms with van der Waals surface area (Å²) in [6, 6.07) is 6.21. The summed E-state index contributed by atoms with van der Waals surface area (Å²) in [4.78, 5) is 12.3. The molecule has 3 nitrogen and oxygen atoms in total. The third-order valence-corrected chi connectivity index (χ3v) is 5.67. The summed E-state index contributed by atoms with van der Waals surface area (Å²) in [5.41, 5.74) is 2.17. The van der Waals surface area contributed by atoms with E-state index in [1.807, 2.05) is 25.1 Å². The van der Waals surface area contributed by atoms with Crippen molar-refractivity contribution in [3.05, 3.63) is 32.9 Å². The average molecular weight is 423 g/mol. The maximum absolute atomic E-state index is 12.3. The average Bonchev–Trinajstić information content (AvgIpc) is 2.40. The molecule has 1 aliphatic rings. The number of halogens is 2. The number of nitrogens with one attached hydrogen (secondary N) is 2. The molecular weight excluding hydrogens is 399 g/mol. The lowest BCUT2D eigenvalue weighted by molar-refractivity contribution is 0.0928. The summed E-state index contributed by atoms with van der Waals surface area (Å²) in [5.74, 6) is 0.0290. The molecular formula is C16H24ClIN2O. The summed E-state index contributed by atoms with van der Waals surface area (Å²) in [6.45, 7) is 8.31. The highest BCUT2D eigenvalue weighted by atomic mass is 127. The molecule has 1 heterocycles. The molecule has 0 radical (unpaired) electrons. The minimum atomic E-state index is 0. The van der Waals surface area contributed by atoms with E-state index in [9.17, 15) is 4.79 Å². The monoisotopic (exact) mass is 422 g/mol. The smallest absolute Gasteiger partial charge is 0.252 e. The maximum Gasteiger partial charge on any atom is 0.252 e. The largest absolute Gasteiger partial charge is 0.350 e. The molecule has 1 aromatic rings. The van der Waals surface area contributed by atoms with Gasteiger partial charge in [-0.05, 0) is 65.9 Å². The zero-order valence-corrected chi connectivity index (χ0v) is 15.8. The van der Waals surface area contributed by atoms with Crippen molar-refractivity contribution in [2.24, 2.45) is 5.41 Å². The molecule has 0 aliphatic carbocycles. The molecule has 2 rings (SSSR count). The standard InChI is InChI=1S/C16H23IN2O.ClH/c1-11-6-4-7-12(14(11)17)15(20)19-10-13-16(2,3)8-5-9-18-13;/h4,6-7,13,18H,5,8-10H2,1-3H3,(H,19,20);1H. The van der Waals surface area contributed by atoms with Crippen molar-refractivity contribution in [1.82, 2.24) is 10.6 Å². The summed E-state index contributed by atoms with van der Waals surface area (Å²) in [7, 11) is 0. The van der Waals surface area contributed by atoms with Crippen molar-refractivity contribution in [2.45, 2.75) is 39.7 Å². The number of piperidine rings is 1. The van der Waals surface area contributed by atoms with Crippen molar-refractivity contribution in [2.75, 3.05) is 13.1 Å². The molecule has 2 N–H and O–H groups in total. The SMILES string of the molecule is Cc1cccc(C(=O)NCC2NCCCC2(C)C)c1I.Cl. The minimum absolute atomic E-state index is 0. The van der Waals surface area contributed by atoms with E-state index in [1.165, 1.54) is 12.8 Å². The number of hydrogen-bond donors (Lipinski definition) is 2. The Hall–Kier alpha value is -0.330. The van der Waals surface area contributed by atoms with Crippen molar-refractivity contribution in [3.8, 4) is 0 Å². The van der Waals surface area contributed by atoms with E-state index in [4.69, 9.17) is 0 Å². The first-order valence-corrected chi connectivity index (χ1v) is 8.26. The van der Waals surface area contributed by atoms with E-state index < -0.39 is 0 Å². The minimum Gasteiger partial charge on any atom is -0.350 e. The normalized spacial score (nSPS) is 20.5. The molecule has 21 heavy (non-hydrogen) atoms. The Bertz CT molecular complexity index is 505. The van der Waals surface area contributed by atoms with Gasteiger partial charge in [-0.2, -0.15) is 0 Å².